The molecule has 0 heterocycles. The van der Waals surface area contributed by atoms with E-state index in [0.29, 0.717) is 31.1 Å². The number of rotatable bonds is 10. The second-order valence-electron chi connectivity index (χ2n) is 5.79. The Morgan fingerprint density at radius 1 is 0.926 bits per heavy atom. The largest absolute Gasteiger partial charge is 0.381 e. The summed E-state index contributed by atoms with van der Waals surface area (Å²) in [5.74, 6) is -0.279. The zero-order chi connectivity index (χ0) is 19.3. The predicted molar refractivity (Wildman–Crippen MR) is 109 cm³/mol. The molecule has 5 nitrogen and oxygen atoms in total. The van der Waals surface area contributed by atoms with E-state index < -0.39 is 0 Å². The minimum atomic E-state index is -0.262. The molecular formula is C20H23ClN2O3S. The lowest BCUT2D eigenvalue weighted by molar-refractivity contribution is -0.127. The molecule has 0 radical (unpaired) electrons. The summed E-state index contributed by atoms with van der Waals surface area (Å²) in [6.07, 6.45) is 1.76. The standard InChI is InChI=1S/C20H23ClN2O3S/c21-17-8-10-18(11-9-17)27-15-20(25)23-22-19(24)7-4-13-26-14-12-16-5-2-1-3-6-16/h1-3,5-6,8-11H,4,7,12-15H2,(H,22,24)(H,23,25). The number of thioether (sulfide) groups is 1. The molecule has 2 N–H and O–H groups in total. The first-order valence-corrected chi connectivity index (χ1v) is 10.1. The van der Waals surface area contributed by atoms with Crippen LogP contribution in [0.5, 0.6) is 0 Å². The number of hydrogen-bond donors (Lipinski definition) is 2. The van der Waals surface area contributed by atoms with Gasteiger partial charge in [0, 0.05) is 22.9 Å². The fraction of sp³-hybridized carbons (Fsp3) is 0.300. The quantitative estimate of drug-likeness (QED) is 0.359. The van der Waals surface area contributed by atoms with Crippen LogP contribution in [0.2, 0.25) is 5.02 Å². The molecule has 0 aliphatic carbocycles. The summed E-state index contributed by atoms with van der Waals surface area (Å²) in [5, 5.41) is 0.653. The van der Waals surface area contributed by atoms with Crippen LogP contribution in [0.4, 0.5) is 0 Å². The van der Waals surface area contributed by atoms with Crippen molar-refractivity contribution in [2.45, 2.75) is 24.2 Å². The molecule has 0 aliphatic rings. The third-order valence-corrected chi connectivity index (χ3v) is 4.86. The molecular weight excluding hydrogens is 384 g/mol. The van der Waals surface area contributed by atoms with Crippen LogP contribution in [-0.4, -0.2) is 30.8 Å². The van der Waals surface area contributed by atoms with Crippen molar-refractivity contribution in [3.8, 4) is 0 Å². The second kappa shape index (κ2) is 12.4. The fourth-order valence-corrected chi connectivity index (χ4v) is 3.01. The Morgan fingerprint density at radius 2 is 1.63 bits per heavy atom. The molecule has 0 unspecified atom stereocenters. The summed E-state index contributed by atoms with van der Waals surface area (Å²) < 4.78 is 5.53. The molecule has 0 bridgehead atoms. The normalized spacial score (nSPS) is 10.4. The summed E-state index contributed by atoms with van der Waals surface area (Å²) in [6.45, 7) is 1.14. The molecule has 0 spiro atoms. The van der Waals surface area contributed by atoms with Gasteiger partial charge in [-0.05, 0) is 42.7 Å². The first-order chi connectivity index (χ1) is 13.1. The average Bonchev–Trinajstić information content (AvgIpc) is 2.69. The lowest BCUT2D eigenvalue weighted by Gasteiger charge is -2.08. The van der Waals surface area contributed by atoms with Crippen molar-refractivity contribution in [2.24, 2.45) is 0 Å². The van der Waals surface area contributed by atoms with Crippen LogP contribution in [0.3, 0.4) is 0 Å². The van der Waals surface area contributed by atoms with E-state index in [1.54, 1.807) is 12.1 Å². The van der Waals surface area contributed by atoms with Crippen LogP contribution >= 0.6 is 23.4 Å². The van der Waals surface area contributed by atoms with E-state index in [1.165, 1.54) is 17.3 Å². The van der Waals surface area contributed by atoms with E-state index >= 15 is 0 Å². The maximum absolute atomic E-state index is 11.7. The highest BCUT2D eigenvalue weighted by Gasteiger charge is 2.06. The lowest BCUT2D eigenvalue weighted by Crippen LogP contribution is -2.42. The van der Waals surface area contributed by atoms with Crippen LogP contribution in [-0.2, 0) is 20.7 Å². The number of carbonyl (C=O) groups is 2. The minimum absolute atomic E-state index is 0.213. The van der Waals surface area contributed by atoms with Gasteiger partial charge in [0.05, 0.1) is 12.4 Å². The van der Waals surface area contributed by atoms with E-state index in [1.807, 2.05) is 30.3 Å². The highest BCUT2D eigenvalue weighted by molar-refractivity contribution is 8.00. The van der Waals surface area contributed by atoms with Crippen molar-refractivity contribution in [2.75, 3.05) is 19.0 Å². The van der Waals surface area contributed by atoms with Gasteiger partial charge in [0.25, 0.3) is 0 Å². The number of carbonyl (C=O) groups excluding carboxylic acids is 2. The Bertz CT molecular complexity index is 711. The number of amides is 2. The highest BCUT2D eigenvalue weighted by Crippen LogP contribution is 2.19. The van der Waals surface area contributed by atoms with Gasteiger partial charge >= 0.3 is 0 Å². The van der Waals surface area contributed by atoms with Gasteiger partial charge in [-0.2, -0.15) is 0 Å². The fourth-order valence-electron chi connectivity index (χ4n) is 2.19. The zero-order valence-electron chi connectivity index (χ0n) is 14.9. The smallest absolute Gasteiger partial charge is 0.248 e. The SMILES string of the molecule is O=C(CCCOCCc1ccccc1)NNC(=O)CSc1ccc(Cl)cc1. The van der Waals surface area contributed by atoms with Gasteiger partial charge in [0.1, 0.15) is 0 Å². The molecule has 27 heavy (non-hydrogen) atoms. The van der Waals surface area contributed by atoms with Crippen molar-refractivity contribution < 1.29 is 14.3 Å². The Morgan fingerprint density at radius 3 is 2.37 bits per heavy atom. The average molecular weight is 407 g/mol. The first-order valence-electron chi connectivity index (χ1n) is 8.71. The molecule has 2 rings (SSSR count). The van der Waals surface area contributed by atoms with E-state index in [2.05, 4.69) is 23.0 Å². The molecule has 2 aromatic rings. The second-order valence-corrected chi connectivity index (χ2v) is 7.28. The molecule has 2 aromatic carbocycles. The highest BCUT2D eigenvalue weighted by atomic mass is 35.5. The number of nitrogens with one attached hydrogen (secondary N) is 2. The molecule has 7 heteroatoms. The molecule has 0 atom stereocenters. The maximum Gasteiger partial charge on any atom is 0.248 e. The van der Waals surface area contributed by atoms with Crippen LogP contribution in [0, 0.1) is 0 Å². The topological polar surface area (TPSA) is 67.4 Å². The third-order valence-electron chi connectivity index (χ3n) is 3.60. The summed E-state index contributed by atoms with van der Waals surface area (Å²) in [4.78, 5) is 24.4. The van der Waals surface area contributed by atoms with Crippen LogP contribution < -0.4 is 10.9 Å². The van der Waals surface area contributed by atoms with Gasteiger partial charge in [-0.15, -0.1) is 11.8 Å². The van der Waals surface area contributed by atoms with Crippen molar-refractivity contribution in [1.82, 2.24) is 10.9 Å². The molecule has 0 aliphatic heterocycles. The molecule has 0 saturated heterocycles. The van der Waals surface area contributed by atoms with E-state index in [9.17, 15) is 9.59 Å². The van der Waals surface area contributed by atoms with Gasteiger partial charge in [0.2, 0.25) is 11.8 Å². The maximum atomic E-state index is 11.7. The predicted octanol–water partition coefficient (Wildman–Crippen LogP) is 3.62. The Hall–Kier alpha value is -2.02. The Labute approximate surface area is 168 Å². The molecule has 0 fully saturated rings. The summed E-state index contributed by atoms with van der Waals surface area (Å²) in [5.41, 5.74) is 6.06. The summed E-state index contributed by atoms with van der Waals surface area (Å²) in [7, 11) is 0. The van der Waals surface area contributed by atoms with Crippen molar-refractivity contribution >= 4 is 35.2 Å². The molecule has 2 amide bonds. The number of hydrogen-bond acceptors (Lipinski definition) is 4. The first kappa shape index (κ1) is 21.3. The van der Waals surface area contributed by atoms with Gasteiger partial charge in [0.15, 0.2) is 0 Å². The van der Waals surface area contributed by atoms with Crippen molar-refractivity contribution in [1.29, 1.82) is 0 Å². The molecule has 0 aromatic heterocycles. The zero-order valence-corrected chi connectivity index (χ0v) is 16.5. The lowest BCUT2D eigenvalue weighted by atomic mass is 10.2. The van der Waals surface area contributed by atoms with E-state index in [4.69, 9.17) is 16.3 Å². The number of halogens is 1. The van der Waals surface area contributed by atoms with Gasteiger partial charge in [-0.1, -0.05) is 41.9 Å². The van der Waals surface area contributed by atoms with Gasteiger partial charge < -0.3 is 4.74 Å². The summed E-state index contributed by atoms with van der Waals surface area (Å²) in [6, 6.07) is 17.3. The number of ether oxygens (including phenoxy) is 1. The minimum Gasteiger partial charge on any atom is -0.381 e. The molecule has 144 valence electrons. The number of hydrazine groups is 1. The number of benzene rings is 2. The van der Waals surface area contributed by atoms with Crippen LogP contribution in [0.15, 0.2) is 59.5 Å². The van der Waals surface area contributed by atoms with Gasteiger partial charge in [-0.25, -0.2) is 0 Å². The van der Waals surface area contributed by atoms with Crippen molar-refractivity contribution in [3.05, 3.63) is 65.2 Å². The monoisotopic (exact) mass is 406 g/mol. The van der Waals surface area contributed by atoms with Crippen LogP contribution in [0.25, 0.3) is 0 Å². The van der Waals surface area contributed by atoms with Crippen LogP contribution in [0.1, 0.15) is 18.4 Å². The van der Waals surface area contributed by atoms with E-state index in [0.717, 1.165) is 11.3 Å². The Balaban J connectivity index is 1.47. The van der Waals surface area contributed by atoms with Crippen molar-refractivity contribution in [3.63, 3.8) is 0 Å². The molecule has 0 saturated carbocycles. The van der Waals surface area contributed by atoms with Gasteiger partial charge in [-0.3, -0.25) is 20.4 Å². The third kappa shape index (κ3) is 9.47. The Kier molecular flexibility index (Phi) is 9.76. The van der Waals surface area contributed by atoms with E-state index in [-0.39, 0.29) is 17.6 Å². The summed E-state index contributed by atoms with van der Waals surface area (Å²) >= 11 is 7.18.